The maximum atomic E-state index is 11.8. The van der Waals surface area contributed by atoms with Crippen LogP contribution >= 0.6 is 0 Å². The molecule has 2 aromatic rings. The van der Waals surface area contributed by atoms with E-state index in [2.05, 4.69) is 15.6 Å². The van der Waals surface area contributed by atoms with Crippen molar-refractivity contribution in [2.45, 2.75) is 6.92 Å². The van der Waals surface area contributed by atoms with E-state index in [-0.39, 0.29) is 36.4 Å². The van der Waals surface area contributed by atoms with Crippen molar-refractivity contribution in [3.63, 3.8) is 0 Å². The molecule has 110 valence electrons. The van der Waals surface area contributed by atoms with Gasteiger partial charge in [-0.3, -0.25) is 14.4 Å². The van der Waals surface area contributed by atoms with Crippen molar-refractivity contribution in [1.29, 1.82) is 0 Å². The standard InChI is InChI=1S/C14H15N3O4/c1-9(18)10-7-11(17-8-10)13(19)15-4-5-16-14(20)12-3-2-6-21-12/h2-3,6-8,17H,4-5H2,1H3,(H,15,19)(H,16,20). The van der Waals surface area contributed by atoms with Crippen LogP contribution < -0.4 is 10.6 Å². The van der Waals surface area contributed by atoms with Crippen molar-refractivity contribution in [2.75, 3.05) is 13.1 Å². The van der Waals surface area contributed by atoms with E-state index in [1.54, 1.807) is 12.1 Å². The highest BCUT2D eigenvalue weighted by molar-refractivity contribution is 5.99. The van der Waals surface area contributed by atoms with Crippen molar-refractivity contribution >= 4 is 17.6 Å². The number of aromatic nitrogens is 1. The van der Waals surface area contributed by atoms with Crippen molar-refractivity contribution in [3.8, 4) is 0 Å². The monoisotopic (exact) mass is 289 g/mol. The van der Waals surface area contributed by atoms with Gasteiger partial charge in [-0.25, -0.2) is 0 Å². The lowest BCUT2D eigenvalue weighted by molar-refractivity contribution is 0.0909. The first kappa shape index (κ1) is 14.6. The van der Waals surface area contributed by atoms with Gasteiger partial charge >= 0.3 is 0 Å². The van der Waals surface area contributed by atoms with E-state index in [0.29, 0.717) is 11.3 Å². The molecule has 0 aromatic carbocycles. The van der Waals surface area contributed by atoms with Crippen molar-refractivity contribution < 1.29 is 18.8 Å². The molecule has 2 heterocycles. The summed E-state index contributed by atoms with van der Waals surface area (Å²) < 4.78 is 4.93. The maximum Gasteiger partial charge on any atom is 0.287 e. The Morgan fingerprint density at radius 3 is 2.48 bits per heavy atom. The highest BCUT2D eigenvalue weighted by Gasteiger charge is 2.11. The number of aromatic amines is 1. The Morgan fingerprint density at radius 2 is 1.90 bits per heavy atom. The van der Waals surface area contributed by atoms with Crippen LogP contribution in [0.4, 0.5) is 0 Å². The second-order valence-corrected chi connectivity index (χ2v) is 4.35. The van der Waals surface area contributed by atoms with E-state index < -0.39 is 0 Å². The van der Waals surface area contributed by atoms with Gasteiger partial charge < -0.3 is 20.0 Å². The minimum absolute atomic E-state index is 0.115. The van der Waals surface area contributed by atoms with Crippen LogP contribution in [0.3, 0.4) is 0 Å². The summed E-state index contributed by atoms with van der Waals surface area (Å²) in [4.78, 5) is 37.2. The Bertz CT molecular complexity index is 643. The van der Waals surface area contributed by atoms with Crippen molar-refractivity contribution in [3.05, 3.63) is 47.7 Å². The lowest BCUT2D eigenvalue weighted by Crippen LogP contribution is -2.34. The number of carbonyl (C=O) groups excluding carboxylic acids is 3. The number of H-pyrrole nitrogens is 1. The molecule has 0 saturated heterocycles. The predicted octanol–water partition coefficient (Wildman–Crippen LogP) is 0.970. The lowest BCUT2D eigenvalue weighted by Gasteiger charge is -2.05. The Kier molecular flexibility index (Phi) is 4.55. The normalized spacial score (nSPS) is 10.1. The summed E-state index contributed by atoms with van der Waals surface area (Å²) in [6, 6.07) is 4.66. The summed E-state index contributed by atoms with van der Waals surface area (Å²) in [6.45, 7) is 1.96. The van der Waals surface area contributed by atoms with Gasteiger partial charge in [0.25, 0.3) is 11.8 Å². The quantitative estimate of drug-likeness (QED) is 0.544. The SMILES string of the molecule is CC(=O)c1c[nH]c(C(=O)NCCNC(=O)c2ccco2)c1. The molecule has 7 heteroatoms. The molecule has 3 N–H and O–H groups in total. The first-order valence-corrected chi connectivity index (χ1v) is 6.37. The number of rotatable bonds is 6. The Hall–Kier alpha value is -2.83. The second kappa shape index (κ2) is 6.56. The smallest absolute Gasteiger partial charge is 0.287 e. The summed E-state index contributed by atoms with van der Waals surface area (Å²) in [5.41, 5.74) is 0.754. The van der Waals surface area contributed by atoms with Gasteiger partial charge in [0, 0.05) is 24.8 Å². The lowest BCUT2D eigenvalue weighted by atomic mass is 10.2. The minimum Gasteiger partial charge on any atom is -0.459 e. The van der Waals surface area contributed by atoms with Gasteiger partial charge in [-0.1, -0.05) is 0 Å². The maximum absolute atomic E-state index is 11.8. The van der Waals surface area contributed by atoms with E-state index in [9.17, 15) is 14.4 Å². The molecule has 7 nitrogen and oxygen atoms in total. The second-order valence-electron chi connectivity index (χ2n) is 4.35. The number of hydrogen-bond donors (Lipinski definition) is 3. The number of hydrogen-bond acceptors (Lipinski definition) is 4. The van der Waals surface area contributed by atoms with Gasteiger partial charge in [0.15, 0.2) is 11.5 Å². The van der Waals surface area contributed by atoms with Gasteiger partial charge in [0.1, 0.15) is 5.69 Å². The topological polar surface area (TPSA) is 104 Å². The average molecular weight is 289 g/mol. The molecule has 0 atom stereocenters. The summed E-state index contributed by atoms with van der Waals surface area (Å²) in [5.74, 6) is -0.574. The fraction of sp³-hybridized carbons (Fsp3) is 0.214. The third-order valence-electron chi connectivity index (χ3n) is 2.78. The zero-order chi connectivity index (χ0) is 15.2. The fourth-order valence-corrected chi connectivity index (χ4v) is 1.67. The third-order valence-corrected chi connectivity index (χ3v) is 2.78. The highest BCUT2D eigenvalue weighted by Crippen LogP contribution is 2.04. The van der Waals surface area contributed by atoms with E-state index in [4.69, 9.17) is 4.42 Å². The molecular formula is C14H15N3O4. The van der Waals surface area contributed by atoms with E-state index >= 15 is 0 Å². The summed E-state index contributed by atoms with van der Waals surface area (Å²) >= 11 is 0. The molecule has 0 saturated carbocycles. The van der Waals surface area contributed by atoms with Crippen LogP contribution in [0.5, 0.6) is 0 Å². The van der Waals surface area contributed by atoms with Crippen LogP contribution in [0.2, 0.25) is 0 Å². The third kappa shape index (κ3) is 3.82. The van der Waals surface area contributed by atoms with Crippen LogP contribution in [0.1, 0.15) is 38.3 Å². The number of ketones is 1. The summed E-state index contributed by atoms with van der Waals surface area (Å²) in [5, 5.41) is 5.23. The molecule has 21 heavy (non-hydrogen) atoms. The minimum atomic E-state index is -0.340. The fourth-order valence-electron chi connectivity index (χ4n) is 1.67. The molecule has 0 fully saturated rings. The first-order valence-electron chi connectivity index (χ1n) is 6.37. The van der Waals surface area contributed by atoms with Gasteiger partial charge in [0.2, 0.25) is 0 Å². The Balaban J connectivity index is 1.74. The molecule has 0 spiro atoms. The van der Waals surface area contributed by atoms with Crippen LogP contribution in [0.15, 0.2) is 35.1 Å². The van der Waals surface area contributed by atoms with Crippen LogP contribution in [-0.2, 0) is 0 Å². The largest absolute Gasteiger partial charge is 0.459 e. The summed E-state index contributed by atoms with van der Waals surface area (Å²) in [6.07, 6.45) is 2.89. The molecular weight excluding hydrogens is 274 g/mol. The van der Waals surface area contributed by atoms with E-state index in [1.807, 2.05) is 0 Å². The highest BCUT2D eigenvalue weighted by atomic mass is 16.3. The molecule has 0 aliphatic heterocycles. The number of Topliss-reactive ketones (excluding diaryl/α,β-unsaturated/α-hetero) is 1. The van der Waals surface area contributed by atoms with Crippen molar-refractivity contribution in [1.82, 2.24) is 15.6 Å². The van der Waals surface area contributed by atoms with Crippen LogP contribution in [-0.4, -0.2) is 35.7 Å². The first-order chi connectivity index (χ1) is 10.1. The molecule has 2 aromatic heterocycles. The number of amides is 2. The molecule has 0 radical (unpaired) electrons. The molecule has 0 unspecified atom stereocenters. The van der Waals surface area contributed by atoms with Crippen LogP contribution in [0, 0.1) is 0 Å². The van der Waals surface area contributed by atoms with Gasteiger partial charge in [0.05, 0.1) is 6.26 Å². The van der Waals surface area contributed by atoms with Crippen LogP contribution in [0.25, 0.3) is 0 Å². The van der Waals surface area contributed by atoms with E-state index in [1.165, 1.54) is 25.5 Å². The van der Waals surface area contributed by atoms with E-state index in [0.717, 1.165) is 0 Å². The Labute approximate surface area is 120 Å². The zero-order valence-electron chi connectivity index (χ0n) is 11.4. The number of furan rings is 1. The van der Waals surface area contributed by atoms with Gasteiger partial charge in [-0.05, 0) is 25.1 Å². The molecule has 0 aliphatic rings. The number of nitrogens with one attached hydrogen (secondary N) is 3. The average Bonchev–Trinajstić information content (AvgIpc) is 3.13. The van der Waals surface area contributed by atoms with Crippen molar-refractivity contribution in [2.24, 2.45) is 0 Å². The van der Waals surface area contributed by atoms with Gasteiger partial charge in [-0.2, -0.15) is 0 Å². The van der Waals surface area contributed by atoms with Gasteiger partial charge in [-0.15, -0.1) is 0 Å². The molecule has 2 amide bonds. The molecule has 2 rings (SSSR count). The molecule has 0 bridgehead atoms. The number of carbonyl (C=O) groups is 3. The summed E-state index contributed by atoms with van der Waals surface area (Å²) in [7, 11) is 0. The molecule has 0 aliphatic carbocycles. The predicted molar refractivity (Wildman–Crippen MR) is 74.2 cm³/mol. The Morgan fingerprint density at radius 1 is 1.19 bits per heavy atom. The zero-order valence-corrected chi connectivity index (χ0v) is 11.4.